The van der Waals surface area contributed by atoms with Crippen LogP contribution in [-0.2, 0) is 6.54 Å². The Morgan fingerprint density at radius 2 is 1.88 bits per heavy atom. The topological polar surface area (TPSA) is 43.9 Å². The number of hydrogen-bond donors (Lipinski definition) is 1. The molecule has 2 aromatic carbocycles. The molecule has 4 nitrogen and oxygen atoms in total. The van der Waals surface area contributed by atoms with Crippen LogP contribution in [0, 0.1) is 0 Å². The second kappa shape index (κ2) is 5.80. The second-order valence-corrected chi connectivity index (χ2v) is 6.54. The average molecular weight is 322 g/mol. The van der Waals surface area contributed by atoms with Gasteiger partial charge in [-0.25, -0.2) is 4.79 Å². The Hall–Kier alpha value is -2.59. The van der Waals surface area contributed by atoms with Crippen molar-refractivity contribution in [1.29, 1.82) is 0 Å². The zero-order valence-electron chi connectivity index (χ0n) is 13.8. The highest BCUT2D eigenvalue weighted by molar-refractivity contribution is 5.95. The fourth-order valence-electron chi connectivity index (χ4n) is 3.24. The lowest BCUT2D eigenvalue weighted by Crippen LogP contribution is -3.15. The van der Waals surface area contributed by atoms with Crippen LogP contribution in [0.15, 0.2) is 57.7 Å². The standard InChI is InChI=1S/C20H19NO3/c1-13(2)21-11-17-18(23-12-21)9-8-15-16(10-19(22)24-20(15)17)14-6-4-3-5-7-14/h3-10,13H,11-12H2,1-2H3/p+1. The summed E-state index contributed by atoms with van der Waals surface area (Å²) in [6, 6.07) is 15.9. The molecule has 1 aromatic heterocycles. The molecule has 0 spiro atoms. The molecule has 4 heteroatoms. The van der Waals surface area contributed by atoms with Gasteiger partial charge >= 0.3 is 5.63 Å². The van der Waals surface area contributed by atoms with Gasteiger partial charge in [-0.1, -0.05) is 30.3 Å². The fourth-order valence-corrected chi connectivity index (χ4v) is 3.24. The molecule has 1 aliphatic heterocycles. The Morgan fingerprint density at radius 1 is 1.08 bits per heavy atom. The van der Waals surface area contributed by atoms with Gasteiger partial charge < -0.3 is 9.15 Å². The number of ether oxygens (including phenoxy) is 1. The van der Waals surface area contributed by atoms with Crippen LogP contribution >= 0.6 is 0 Å². The van der Waals surface area contributed by atoms with Crippen molar-refractivity contribution in [2.75, 3.05) is 6.73 Å². The zero-order chi connectivity index (χ0) is 16.7. The Balaban J connectivity index is 1.96. The lowest BCUT2D eigenvalue weighted by Gasteiger charge is -2.29. The van der Waals surface area contributed by atoms with Gasteiger partial charge in [0.15, 0.2) is 5.58 Å². The van der Waals surface area contributed by atoms with Crippen molar-refractivity contribution >= 4 is 11.0 Å². The van der Waals surface area contributed by atoms with Crippen molar-refractivity contribution in [3.8, 4) is 16.9 Å². The quantitative estimate of drug-likeness (QED) is 0.738. The summed E-state index contributed by atoms with van der Waals surface area (Å²) in [5.74, 6) is 0.820. The molecule has 4 rings (SSSR count). The van der Waals surface area contributed by atoms with Crippen LogP contribution in [0.25, 0.3) is 22.1 Å². The van der Waals surface area contributed by atoms with Gasteiger partial charge in [0.25, 0.3) is 0 Å². The van der Waals surface area contributed by atoms with Gasteiger partial charge in [-0.3, -0.25) is 4.90 Å². The summed E-state index contributed by atoms with van der Waals surface area (Å²) in [4.78, 5) is 13.5. The third kappa shape index (κ3) is 2.49. The summed E-state index contributed by atoms with van der Waals surface area (Å²) in [5, 5.41) is 0.952. The number of fused-ring (bicyclic) bond motifs is 3. The Morgan fingerprint density at radius 3 is 2.62 bits per heavy atom. The molecule has 1 aliphatic rings. The first kappa shape index (κ1) is 15.0. The number of quaternary nitrogens is 1. The minimum atomic E-state index is -0.327. The molecule has 1 N–H and O–H groups in total. The van der Waals surface area contributed by atoms with Gasteiger partial charge in [0, 0.05) is 11.5 Å². The summed E-state index contributed by atoms with van der Waals surface area (Å²) in [7, 11) is 0. The average Bonchev–Trinajstić information content (AvgIpc) is 2.61. The van der Waals surface area contributed by atoms with Gasteiger partial charge in [-0.15, -0.1) is 0 Å². The van der Waals surface area contributed by atoms with E-state index in [0.29, 0.717) is 18.4 Å². The van der Waals surface area contributed by atoms with Crippen molar-refractivity contribution in [2.24, 2.45) is 0 Å². The molecule has 0 saturated carbocycles. The number of rotatable bonds is 2. The molecule has 24 heavy (non-hydrogen) atoms. The Bertz CT molecular complexity index is 944. The van der Waals surface area contributed by atoms with Crippen molar-refractivity contribution in [2.45, 2.75) is 26.4 Å². The van der Waals surface area contributed by atoms with Crippen LogP contribution in [0.2, 0.25) is 0 Å². The molecule has 0 aliphatic carbocycles. The van der Waals surface area contributed by atoms with Crippen LogP contribution < -0.4 is 15.3 Å². The normalized spacial score (nSPS) is 16.9. The molecule has 0 saturated heterocycles. The molecule has 1 unspecified atom stereocenters. The van der Waals surface area contributed by atoms with E-state index < -0.39 is 0 Å². The molecule has 122 valence electrons. The van der Waals surface area contributed by atoms with E-state index in [1.807, 2.05) is 42.5 Å². The maximum Gasteiger partial charge on any atom is 0.336 e. The predicted molar refractivity (Wildman–Crippen MR) is 93.2 cm³/mol. The van der Waals surface area contributed by atoms with Crippen LogP contribution in [0.3, 0.4) is 0 Å². The maximum atomic E-state index is 12.2. The molecular formula is C20H20NO3+. The number of nitrogens with one attached hydrogen (secondary N) is 1. The van der Waals surface area contributed by atoms with E-state index in [9.17, 15) is 4.79 Å². The smallest absolute Gasteiger partial charge is 0.336 e. The van der Waals surface area contributed by atoms with Crippen LogP contribution in [0.1, 0.15) is 19.4 Å². The molecule has 0 bridgehead atoms. The minimum Gasteiger partial charge on any atom is -0.445 e. The van der Waals surface area contributed by atoms with E-state index in [1.165, 1.54) is 4.90 Å². The maximum absolute atomic E-state index is 12.2. The van der Waals surface area contributed by atoms with E-state index in [0.717, 1.165) is 34.4 Å². The number of hydrogen-bond acceptors (Lipinski definition) is 3. The molecule has 1 atom stereocenters. The van der Waals surface area contributed by atoms with E-state index in [-0.39, 0.29) is 5.63 Å². The summed E-state index contributed by atoms with van der Waals surface area (Å²) < 4.78 is 11.5. The van der Waals surface area contributed by atoms with Gasteiger partial charge in [0.05, 0.1) is 11.6 Å². The minimum absolute atomic E-state index is 0.327. The first-order chi connectivity index (χ1) is 11.6. The second-order valence-electron chi connectivity index (χ2n) is 6.54. The van der Waals surface area contributed by atoms with Crippen LogP contribution in [0.4, 0.5) is 0 Å². The Kier molecular flexibility index (Phi) is 3.62. The third-order valence-electron chi connectivity index (χ3n) is 4.69. The summed E-state index contributed by atoms with van der Waals surface area (Å²) in [6.45, 7) is 5.77. The molecular weight excluding hydrogens is 302 g/mol. The summed E-state index contributed by atoms with van der Waals surface area (Å²) in [6.07, 6.45) is 0. The summed E-state index contributed by atoms with van der Waals surface area (Å²) >= 11 is 0. The number of benzene rings is 2. The Labute approximate surface area is 140 Å². The SMILES string of the molecule is CC(C)[NH+]1COc2ccc3c(-c4ccccc4)cc(=O)oc3c2C1. The molecule has 0 fully saturated rings. The first-order valence-electron chi connectivity index (χ1n) is 8.26. The van der Waals surface area contributed by atoms with Crippen LogP contribution in [0.5, 0.6) is 5.75 Å². The predicted octanol–water partition coefficient (Wildman–Crippen LogP) is 2.60. The van der Waals surface area contributed by atoms with E-state index in [1.54, 1.807) is 6.07 Å². The van der Waals surface area contributed by atoms with E-state index >= 15 is 0 Å². The molecule has 2 heterocycles. The van der Waals surface area contributed by atoms with Crippen molar-refractivity contribution in [1.82, 2.24) is 0 Å². The zero-order valence-corrected chi connectivity index (χ0v) is 13.8. The lowest BCUT2D eigenvalue weighted by molar-refractivity contribution is -0.952. The van der Waals surface area contributed by atoms with Crippen molar-refractivity contribution in [3.63, 3.8) is 0 Å². The molecule has 0 amide bonds. The van der Waals surface area contributed by atoms with E-state index in [4.69, 9.17) is 9.15 Å². The first-order valence-corrected chi connectivity index (χ1v) is 8.26. The summed E-state index contributed by atoms with van der Waals surface area (Å²) in [5.41, 5.74) is 3.22. The monoisotopic (exact) mass is 322 g/mol. The highest BCUT2D eigenvalue weighted by Gasteiger charge is 2.26. The third-order valence-corrected chi connectivity index (χ3v) is 4.69. The van der Waals surface area contributed by atoms with Crippen molar-refractivity contribution < 1.29 is 14.1 Å². The van der Waals surface area contributed by atoms with Gasteiger partial charge in [0.2, 0.25) is 6.73 Å². The lowest BCUT2D eigenvalue weighted by atomic mass is 9.99. The highest BCUT2D eigenvalue weighted by Crippen LogP contribution is 2.33. The molecule has 0 radical (unpaired) electrons. The fraction of sp³-hybridized carbons (Fsp3) is 0.250. The highest BCUT2D eigenvalue weighted by atomic mass is 16.5. The van der Waals surface area contributed by atoms with Gasteiger partial charge in [-0.05, 0) is 37.1 Å². The van der Waals surface area contributed by atoms with Gasteiger partial charge in [-0.2, -0.15) is 0 Å². The van der Waals surface area contributed by atoms with Crippen molar-refractivity contribution in [3.05, 3.63) is 64.5 Å². The largest absolute Gasteiger partial charge is 0.445 e. The molecule has 3 aromatic rings. The van der Waals surface area contributed by atoms with Crippen LogP contribution in [-0.4, -0.2) is 12.8 Å². The van der Waals surface area contributed by atoms with E-state index in [2.05, 4.69) is 13.8 Å². The van der Waals surface area contributed by atoms with Gasteiger partial charge in [0.1, 0.15) is 12.3 Å².